The number of rotatable bonds is 0. The van der Waals surface area contributed by atoms with Gasteiger partial charge in [-0.25, -0.2) is 0 Å². The minimum Gasteiger partial charge on any atom is -0.184 e. The zero-order chi connectivity index (χ0) is 14.1. The maximum absolute atomic E-state index is 2.89. The summed E-state index contributed by atoms with van der Waals surface area (Å²) in [5.74, 6) is 0. The van der Waals surface area contributed by atoms with Crippen molar-refractivity contribution in [2.45, 2.75) is 25.7 Å². The van der Waals surface area contributed by atoms with Crippen molar-refractivity contribution >= 4 is 0 Å². The second kappa shape index (κ2) is 16.7. The molecule has 21 heavy (non-hydrogen) atoms. The van der Waals surface area contributed by atoms with Gasteiger partial charge < -0.3 is 0 Å². The van der Waals surface area contributed by atoms with E-state index in [0.717, 1.165) is 0 Å². The molecule has 3 rings (SSSR count). The molecule has 0 radical (unpaired) electrons. The standard InChI is InChI=1S/C8H12.2C6H5.Pt/c1-2-4-6-8-7-5-3-1;2*1-2-4-6-5-3-1;/h1-2,7-8H,3-6H2;2*1-5H;/q;2*-1;+2/b2-1-,8-7-;;;. The molecule has 0 bridgehead atoms. The Hall–Kier alpha value is -1.39. The van der Waals surface area contributed by atoms with Gasteiger partial charge in [-0.3, -0.25) is 0 Å². The minimum absolute atomic E-state index is 0. The summed E-state index contributed by atoms with van der Waals surface area (Å²) in [7, 11) is 0. The maximum atomic E-state index is 2.89. The van der Waals surface area contributed by atoms with Gasteiger partial charge >= 0.3 is 21.1 Å². The Morgan fingerprint density at radius 3 is 0.857 bits per heavy atom. The van der Waals surface area contributed by atoms with Crippen LogP contribution in [0, 0.1) is 12.1 Å². The van der Waals surface area contributed by atoms with E-state index in [1.807, 2.05) is 60.7 Å². The Bertz CT molecular complexity index is 335. The second-order valence-electron chi connectivity index (χ2n) is 4.25. The van der Waals surface area contributed by atoms with Gasteiger partial charge in [-0.05, 0) is 25.7 Å². The largest absolute Gasteiger partial charge is 2.00 e. The SMILES string of the molecule is C1=C\CC/C=C\CC/1.[Pt+2].[c-]1ccccc1.[c-]1ccccc1. The quantitative estimate of drug-likeness (QED) is 0.355. The van der Waals surface area contributed by atoms with Crippen molar-refractivity contribution in [3.8, 4) is 0 Å². The van der Waals surface area contributed by atoms with Crippen molar-refractivity contribution < 1.29 is 21.1 Å². The Balaban J connectivity index is 0.000000283. The summed E-state index contributed by atoms with van der Waals surface area (Å²) < 4.78 is 0. The fraction of sp³-hybridized carbons (Fsp3) is 0.200. The summed E-state index contributed by atoms with van der Waals surface area (Å²) in [6.45, 7) is 0. The van der Waals surface area contributed by atoms with Crippen molar-refractivity contribution in [1.82, 2.24) is 0 Å². The van der Waals surface area contributed by atoms with E-state index in [9.17, 15) is 0 Å². The molecule has 0 nitrogen and oxygen atoms in total. The van der Waals surface area contributed by atoms with Gasteiger partial charge in [0.1, 0.15) is 0 Å². The monoisotopic (exact) mass is 457 g/mol. The smallest absolute Gasteiger partial charge is 0.184 e. The van der Waals surface area contributed by atoms with E-state index >= 15 is 0 Å². The predicted molar refractivity (Wildman–Crippen MR) is 87.3 cm³/mol. The first-order valence-corrected chi connectivity index (χ1v) is 7.12. The maximum Gasteiger partial charge on any atom is 2.00 e. The fourth-order valence-corrected chi connectivity index (χ4v) is 1.54. The molecular formula is C20H22Pt. The van der Waals surface area contributed by atoms with Gasteiger partial charge in [0.25, 0.3) is 0 Å². The number of benzene rings is 2. The molecule has 0 atom stereocenters. The molecule has 0 saturated carbocycles. The molecule has 1 aliphatic carbocycles. The molecule has 0 N–H and O–H groups in total. The number of hydrogen-bond acceptors (Lipinski definition) is 0. The van der Waals surface area contributed by atoms with Gasteiger partial charge in [-0.15, -0.1) is 0 Å². The van der Waals surface area contributed by atoms with E-state index in [1.165, 1.54) is 25.7 Å². The van der Waals surface area contributed by atoms with E-state index in [1.54, 1.807) is 0 Å². The molecule has 1 aliphatic rings. The Labute approximate surface area is 143 Å². The first-order chi connectivity index (χ1) is 10.0. The van der Waals surface area contributed by atoms with Gasteiger partial charge in [0.2, 0.25) is 0 Å². The van der Waals surface area contributed by atoms with Crippen molar-refractivity contribution in [2.24, 2.45) is 0 Å². The van der Waals surface area contributed by atoms with E-state index in [2.05, 4.69) is 36.4 Å². The first kappa shape index (κ1) is 19.6. The Morgan fingerprint density at radius 1 is 0.429 bits per heavy atom. The van der Waals surface area contributed by atoms with E-state index in [0.29, 0.717) is 0 Å². The molecular weight excluding hydrogens is 435 g/mol. The third kappa shape index (κ3) is 14.8. The molecule has 112 valence electrons. The fourth-order valence-electron chi connectivity index (χ4n) is 1.54. The average molecular weight is 457 g/mol. The average Bonchev–Trinajstić information content (AvgIpc) is 2.51. The van der Waals surface area contributed by atoms with E-state index in [-0.39, 0.29) is 21.1 Å². The molecule has 0 amide bonds. The molecule has 1 heteroatoms. The summed E-state index contributed by atoms with van der Waals surface area (Å²) in [5.41, 5.74) is 0. The van der Waals surface area contributed by atoms with Crippen molar-refractivity contribution in [3.63, 3.8) is 0 Å². The van der Waals surface area contributed by atoms with Crippen LogP contribution >= 0.6 is 0 Å². The van der Waals surface area contributed by atoms with Crippen LogP contribution in [-0.4, -0.2) is 0 Å². The molecule has 0 aromatic heterocycles. The zero-order valence-electron chi connectivity index (χ0n) is 12.2. The normalized spacial score (nSPS) is 15.2. The van der Waals surface area contributed by atoms with E-state index < -0.39 is 0 Å². The molecule has 0 heterocycles. The van der Waals surface area contributed by atoms with Crippen LogP contribution < -0.4 is 0 Å². The van der Waals surface area contributed by atoms with Gasteiger partial charge in [0.05, 0.1) is 0 Å². The van der Waals surface area contributed by atoms with Crippen LogP contribution in [0.3, 0.4) is 0 Å². The summed E-state index contributed by atoms with van der Waals surface area (Å²) in [6, 6.07) is 25.0. The third-order valence-electron chi connectivity index (χ3n) is 2.55. The van der Waals surface area contributed by atoms with Crippen LogP contribution in [0.5, 0.6) is 0 Å². The summed E-state index contributed by atoms with van der Waals surface area (Å²) in [4.78, 5) is 0. The third-order valence-corrected chi connectivity index (χ3v) is 2.55. The molecule has 0 unspecified atom stereocenters. The predicted octanol–water partition coefficient (Wildman–Crippen LogP) is 5.64. The first-order valence-electron chi connectivity index (χ1n) is 7.12. The molecule has 0 aliphatic heterocycles. The van der Waals surface area contributed by atoms with Crippen LogP contribution in [0.1, 0.15) is 25.7 Å². The minimum atomic E-state index is 0. The van der Waals surface area contributed by atoms with Crippen LogP contribution in [0.4, 0.5) is 0 Å². The second-order valence-corrected chi connectivity index (χ2v) is 4.25. The topological polar surface area (TPSA) is 0 Å². The van der Waals surface area contributed by atoms with Gasteiger partial charge in [0, 0.05) is 0 Å². The summed E-state index contributed by atoms with van der Waals surface area (Å²) in [6.07, 6.45) is 14.0. The molecule has 0 saturated heterocycles. The molecule has 0 fully saturated rings. The van der Waals surface area contributed by atoms with Crippen molar-refractivity contribution in [1.29, 1.82) is 0 Å². The summed E-state index contributed by atoms with van der Waals surface area (Å²) in [5, 5.41) is 0. The van der Waals surface area contributed by atoms with Crippen LogP contribution in [0.15, 0.2) is 85.0 Å². The van der Waals surface area contributed by atoms with Gasteiger partial charge in [0.15, 0.2) is 0 Å². The molecule has 0 spiro atoms. The van der Waals surface area contributed by atoms with Crippen molar-refractivity contribution in [2.75, 3.05) is 0 Å². The van der Waals surface area contributed by atoms with Gasteiger partial charge in [-0.1, -0.05) is 24.3 Å². The Morgan fingerprint density at radius 2 is 0.714 bits per heavy atom. The summed E-state index contributed by atoms with van der Waals surface area (Å²) >= 11 is 0. The Kier molecular flexibility index (Phi) is 15.6. The zero-order valence-corrected chi connectivity index (χ0v) is 14.5. The van der Waals surface area contributed by atoms with Crippen molar-refractivity contribution in [3.05, 3.63) is 97.1 Å². The molecule has 2 aromatic rings. The molecule has 2 aromatic carbocycles. The van der Waals surface area contributed by atoms with E-state index in [4.69, 9.17) is 0 Å². The van der Waals surface area contributed by atoms with Crippen LogP contribution in [0.2, 0.25) is 0 Å². The number of allylic oxidation sites excluding steroid dienone is 4. The number of hydrogen-bond donors (Lipinski definition) is 0. The van der Waals surface area contributed by atoms with Gasteiger partial charge in [-0.2, -0.15) is 72.8 Å². The van der Waals surface area contributed by atoms with Crippen LogP contribution in [0.25, 0.3) is 0 Å². The van der Waals surface area contributed by atoms with Crippen LogP contribution in [-0.2, 0) is 21.1 Å².